The van der Waals surface area contributed by atoms with Crippen LogP contribution >= 0.6 is 23.2 Å². The molecule has 30 heavy (non-hydrogen) atoms. The molecule has 0 fully saturated rings. The van der Waals surface area contributed by atoms with Crippen LogP contribution in [0.25, 0.3) is 0 Å². The monoisotopic (exact) mass is 437 g/mol. The predicted molar refractivity (Wildman–Crippen MR) is 120 cm³/mol. The molecule has 0 saturated carbocycles. The average molecular weight is 438 g/mol. The minimum atomic E-state index is -0.468. The molecule has 1 aliphatic heterocycles. The lowest BCUT2D eigenvalue weighted by Crippen LogP contribution is -2.38. The van der Waals surface area contributed by atoms with Crippen molar-refractivity contribution in [1.29, 1.82) is 5.26 Å². The Labute approximate surface area is 186 Å². The normalized spacial score (nSPS) is 19.1. The molecule has 1 aliphatic carbocycles. The number of halogens is 2. The number of benzene rings is 2. The molecule has 2 aromatic carbocycles. The number of Topliss-reactive ketones (excluding diaryl/α,β-unsaturated/α-hetero) is 1. The van der Waals surface area contributed by atoms with Crippen molar-refractivity contribution in [3.8, 4) is 6.07 Å². The highest BCUT2D eigenvalue weighted by atomic mass is 35.5. The number of anilines is 1. The van der Waals surface area contributed by atoms with E-state index < -0.39 is 5.92 Å². The van der Waals surface area contributed by atoms with Crippen LogP contribution in [0.4, 0.5) is 5.69 Å². The van der Waals surface area contributed by atoms with E-state index in [0.29, 0.717) is 45.5 Å². The molecule has 152 valence electrons. The third-order valence-electron chi connectivity index (χ3n) is 5.76. The number of nitrogens with zero attached hydrogens (tertiary/aromatic N) is 2. The van der Waals surface area contributed by atoms with Gasteiger partial charge in [0.15, 0.2) is 5.78 Å². The maximum absolute atomic E-state index is 13.2. The van der Waals surface area contributed by atoms with Crippen LogP contribution in [0.2, 0.25) is 10.0 Å². The van der Waals surface area contributed by atoms with E-state index in [1.165, 1.54) is 0 Å². The lowest BCUT2D eigenvalue weighted by atomic mass is 9.74. The maximum Gasteiger partial charge on any atom is 0.161 e. The minimum Gasteiger partial charge on any atom is -0.384 e. The molecule has 0 aromatic heterocycles. The number of nitrogens with two attached hydrogens (primary N) is 1. The number of hydrogen-bond donors (Lipinski definition) is 1. The van der Waals surface area contributed by atoms with Crippen molar-refractivity contribution in [3.05, 3.63) is 85.8 Å². The number of hydrogen-bond acceptors (Lipinski definition) is 4. The van der Waals surface area contributed by atoms with Crippen molar-refractivity contribution in [2.24, 2.45) is 5.73 Å². The molecule has 0 radical (unpaired) electrons. The number of ketones is 1. The summed E-state index contributed by atoms with van der Waals surface area (Å²) in [5.74, 6) is -0.0989. The van der Waals surface area contributed by atoms with Gasteiger partial charge in [-0.05, 0) is 56.0 Å². The van der Waals surface area contributed by atoms with E-state index >= 15 is 0 Å². The van der Waals surface area contributed by atoms with Crippen molar-refractivity contribution in [1.82, 2.24) is 0 Å². The van der Waals surface area contributed by atoms with Gasteiger partial charge in [-0.3, -0.25) is 9.69 Å². The van der Waals surface area contributed by atoms with Gasteiger partial charge >= 0.3 is 0 Å². The summed E-state index contributed by atoms with van der Waals surface area (Å²) in [5.41, 5.74) is 12.2. The first-order valence-electron chi connectivity index (χ1n) is 9.81. The Morgan fingerprint density at radius 1 is 1.10 bits per heavy atom. The van der Waals surface area contributed by atoms with Crippen LogP contribution in [0.3, 0.4) is 0 Å². The Hall–Kier alpha value is -2.74. The topological polar surface area (TPSA) is 70.1 Å². The summed E-state index contributed by atoms with van der Waals surface area (Å²) in [5, 5.41) is 11.0. The summed E-state index contributed by atoms with van der Waals surface area (Å²) >= 11 is 12.5. The molecule has 1 heterocycles. The van der Waals surface area contributed by atoms with Crippen LogP contribution in [0.5, 0.6) is 0 Å². The van der Waals surface area contributed by atoms with Crippen LogP contribution in [0, 0.1) is 25.2 Å². The minimum absolute atomic E-state index is 0.0552. The molecular formula is C24H21Cl2N3O. The average Bonchev–Trinajstić information content (AvgIpc) is 2.67. The van der Waals surface area contributed by atoms with Gasteiger partial charge in [-0.15, -0.1) is 0 Å². The molecule has 0 spiro atoms. The Morgan fingerprint density at radius 2 is 1.80 bits per heavy atom. The summed E-state index contributed by atoms with van der Waals surface area (Å²) in [7, 11) is 0. The van der Waals surface area contributed by atoms with E-state index in [1.54, 1.807) is 23.1 Å². The zero-order valence-corrected chi connectivity index (χ0v) is 18.3. The summed E-state index contributed by atoms with van der Waals surface area (Å²) < 4.78 is 0. The van der Waals surface area contributed by atoms with E-state index in [2.05, 4.69) is 12.1 Å². The van der Waals surface area contributed by atoms with Crippen LogP contribution < -0.4 is 10.6 Å². The molecule has 0 saturated heterocycles. The van der Waals surface area contributed by atoms with E-state index in [9.17, 15) is 10.1 Å². The van der Waals surface area contributed by atoms with Crippen LogP contribution in [-0.2, 0) is 4.79 Å². The van der Waals surface area contributed by atoms with Crippen LogP contribution in [0.15, 0.2) is 59.1 Å². The molecular weight excluding hydrogens is 417 g/mol. The Bertz CT molecular complexity index is 1150. The molecule has 2 aliphatic rings. The first kappa shape index (κ1) is 20.5. The fraction of sp³-hybridized carbons (Fsp3) is 0.250. The van der Waals surface area contributed by atoms with E-state index in [0.717, 1.165) is 28.8 Å². The van der Waals surface area contributed by atoms with Crippen molar-refractivity contribution >= 4 is 34.7 Å². The van der Waals surface area contributed by atoms with E-state index in [4.69, 9.17) is 28.9 Å². The van der Waals surface area contributed by atoms with Crippen molar-refractivity contribution < 1.29 is 4.79 Å². The summed E-state index contributed by atoms with van der Waals surface area (Å²) in [4.78, 5) is 14.9. The first-order valence-corrected chi connectivity index (χ1v) is 10.6. The SMILES string of the molecule is Cc1ccc(C2C(C#N)=C(N)N(c3cc(Cl)cc(Cl)c3)C3=C2C(=O)CCC3)c(C)c1. The standard InChI is InChI=1S/C24H21Cl2N3O/c1-13-6-7-18(14(2)8-13)22-19(12-27)24(28)29(17-10-15(25)9-16(26)11-17)20-4-3-5-21(30)23(20)22/h6-11,22H,3-5,28H2,1-2H3. The fourth-order valence-electron chi connectivity index (χ4n) is 4.51. The molecule has 2 N–H and O–H groups in total. The smallest absolute Gasteiger partial charge is 0.161 e. The molecule has 1 atom stereocenters. The van der Waals surface area contributed by atoms with E-state index in [-0.39, 0.29) is 5.78 Å². The lowest BCUT2D eigenvalue weighted by Gasteiger charge is -2.40. The molecule has 4 rings (SSSR count). The molecule has 0 bridgehead atoms. The second-order valence-electron chi connectivity index (χ2n) is 7.80. The highest BCUT2D eigenvalue weighted by Crippen LogP contribution is 2.47. The van der Waals surface area contributed by atoms with Gasteiger partial charge < -0.3 is 5.73 Å². The number of carbonyl (C=O) groups excluding carboxylic acids is 1. The number of nitriles is 1. The molecule has 0 amide bonds. The Kier molecular flexibility index (Phi) is 5.36. The maximum atomic E-state index is 13.2. The van der Waals surface area contributed by atoms with E-state index in [1.807, 2.05) is 26.0 Å². The number of carbonyl (C=O) groups is 1. The largest absolute Gasteiger partial charge is 0.384 e. The third-order valence-corrected chi connectivity index (χ3v) is 6.19. The zero-order valence-electron chi connectivity index (χ0n) is 16.8. The first-order chi connectivity index (χ1) is 14.3. The predicted octanol–water partition coefficient (Wildman–Crippen LogP) is 5.92. The second-order valence-corrected chi connectivity index (χ2v) is 8.68. The van der Waals surface area contributed by atoms with Crippen LogP contribution in [0.1, 0.15) is 41.9 Å². The number of rotatable bonds is 2. The molecule has 6 heteroatoms. The Balaban J connectivity index is 2.00. The van der Waals surface area contributed by atoms with Gasteiger partial charge in [0.1, 0.15) is 5.82 Å². The van der Waals surface area contributed by atoms with Crippen molar-refractivity contribution in [3.63, 3.8) is 0 Å². The molecule has 4 nitrogen and oxygen atoms in total. The van der Waals surface area contributed by atoms with Gasteiger partial charge in [0.2, 0.25) is 0 Å². The number of allylic oxidation sites excluding steroid dienone is 3. The number of aryl methyl sites for hydroxylation is 2. The Morgan fingerprint density at radius 3 is 2.43 bits per heavy atom. The van der Waals surface area contributed by atoms with Gasteiger partial charge in [-0.25, -0.2) is 0 Å². The van der Waals surface area contributed by atoms with Gasteiger partial charge in [0.05, 0.1) is 23.2 Å². The van der Waals surface area contributed by atoms with Gasteiger partial charge in [0, 0.05) is 27.7 Å². The zero-order chi connectivity index (χ0) is 21.6. The summed E-state index contributed by atoms with van der Waals surface area (Å²) in [6, 6.07) is 13.5. The quantitative estimate of drug-likeness (QED) is 0.633. The van der Waals surface area contributed by atoms with Crippen molar-refractivity contribution in [2.75, 3.05) is 4.90 Å². The van der Waals surface area contributed by atoms with Crippen molar-refractivity contribution in [2.45, 2.75) is 39.0 Å². The second kappa shape index (κ2) is 7.83. The van der Waals surface area contributed by atoms with Gasteiger partial charge in [0.25, 0.3) is 0 Å². The fourth-order valence-corrected chi connectivity index (χ4v) is 5.02. The lowest BCUT2D eigenvalue weighted by molar-refractivity contribution is -0.116. The highest BCUT2D eigenvalue weighted by molar-refractivity contribution is 6.35. The van der Waals surface area contributed by atoms with Gasteiger partial charge in [-0.2, -0.15) is 5.26 Å². The summed E-state index contributed by atoms with van der Waals surface area (Å²) in [6.07, 6.45) is 1.88. The van der Waals surface area contributed by atoms with Crippen LogP contribution in [-0.4, -0.2) is 5.78 Å². The van der Waals surface area contributed by atoms with Gasteiger partial charge in [-0.1, -0.05) is 47.0 Å². The molecule has 2 aromatic rings. The molecule has 1 unspecified atom stereocenters. The highest BCUT2D eigenvalue weighted by Gasteiger charge is 2.40. The summed E-state index contributed by atoms with van der Waals surface area (Å²) in [6.45, 7) is 4.03. The third kappa shape index (κ3) is 3.39.